The SMILES string of the molecule is Cc1ccc(S(=O)(=O)N(C)CC2CCCNC2)c(Br)c1. The van der Waals surface area contributed by atoms with E-state index in [4.69, 9.17) is 0 Å². The molecule has 1 atom stereocenters. The molecule has 20 heavy (non-hydrogen) atoms. The van der Waals surface area contributed by atoms with Crippen LogP contribution in [0.2, 0.25) is 0 Å². The first kappa shape index (κ1) is 15.9. The highest BCUT2D eigenvalue weighted by molar-refractivity contribution is 9.10. The predicted molar refractivity (Wildman–Crippen MR) is 84.3 cm³/mol. The predicted octanol–water partition coefficient (Wildman–Crippen LogP) is 2.38. The van der Waals surface area contributed by atoms with Crippen LogP contribution in [0.25, 0.3) is 0 Å². The normalized spacial score (nSPS) is 20.3. The van der Waals surface area contributed by atoms with E-state index in [1.807, 2.05) is 19.1 Å². The molecule has 1 fully saturated rings. The molecule has 1 N–H and O–H groups in total. The molecule has 0 radical (unpaired) electrons. The number of piperidine rings is 1. The third-order valence-corrected chi connectivity index (χ3v) is 6.49. The van der Waals surface area contributed by atoms with Gasteiger partial charge in [0.15, 0.2) is 0 Å². The maximum absolute atomic E-state index is 12.6. The topological polar surface area (TPSA) is 49.4 Å². The molecular weight excluding hydrogens is 340 g/mol. The second-order valence-electron chi connectivity index (χ2n) is 5.43. The molecule has 0 bridgehead atoms. The zero-order valence-electron chi connectivity index (χ0n) is 11.9. The Bertz CT molecular complexity index is 569. The molecule has 1 aliphatic heterocycles. The van der Waals surface area contributed by atoms with E-state index < -0.39 is 10.0 Å². The average molecular weight is 361 g/mol. The number of nitrogens with one attached hydrogen (secondary N) is 1. The van der Waals surface area contributed by atoms with Gasteiger partial charge in [-0.1, -0.05) is 6.07 Å². The number of benzene rings is 1. The van der Waals surface area contributed by atoms with E-state index in [1.54, 1.807) is 13.1 Å². The molecule has 1 unspecified atom stereocenters. The summed E-state index contributed by atoms with van der Waals surface area (Å²) >= 11 is 3.36. The minimum absolute atomic E-state index is 0.342. The molecule has 0 aromatic heterocycles. The summed E-state index contributed by atoms with van der Waals surface area (Å²) in [5, 5.41) is 3.32. The molecule has 2 rings (SSSR count). The van der Waals surface area contributed by atoms with Crippen molar-refractivity contribution in [2.75, 3.05) is 26.7 Å². The standard InChI is InChI=1S/C14H21BrN2O2S/c1-11-5-6-14(13(15)8-11)20(18,19)17(2)10-12-4-3-7-16-9-12/h5-6,8,12,16H,3-4,7,9-10H2,1-2H3. The molecule has 1 aliphatic rings. The van der Waals surface area contributed by atoms with Crippen molar-refractivity contribution in [3.63, 3.8) is 0 Å². The van der Waals surface area contributed by atoms with Crippen molar-refractivity contribution in [2.45, 2.75) is 24.7 Å². The van der Waals surface area contributed by atoms with Crippen molar-refractivity contribution in [3.8, 4) is 0 Å². The van der Waals surface area contributed by atoms with E-state index in [1.165, 1.54) is 4.31 Å². The van der Waals surface area contributed by atoms with Gasteiger partial charge >= 0.3 is 0 Å². The van der Waals surface area contributed by atoms with E-state index in [2.05, 4.69) is 21.2 Å². The molecule has 4 nitrogen and oxygen atoms in total. The molecular formula is C14H21BrN2O2S. The lowest BCUT2D eigenvalue weighted by molar-refractivity contribution is 0.314. The van der Waals surface area contributed by atoms with Crippen LogP contribution in [0, 0.1) is 12.8 Å². The summed E-state index contributed by atoms with van der Waals surface area (Å²) in [6, 6.07) is 5.33. The minimum Gasteiger partial charge on any atom is -0.316 e. The third kappa shape index (κ3) is 3.61. The van der Waals surface area contributed by atoms with Crippen LogP contribution >= 0.6 is 15.9 Å². The number of nitrogens with zero attached hydrogens (tertiary/aromatic N) is 1. The van der Waals surface area contributed by atoms with E-state index in [-0.39, 0.29) is 0 Å². The Morgan fingerprint density at radius 2 is 2.20 bits per heavy atom. The van der Waals surface area contributed by atoms with Gasteiger partial charge in [-0.3, -0.25) is 0 Å². The van der Waals surface area contributed by atoms with Gasteiger partial charge in [-0.25, -0.2) is 12.7 Å². The molecule has 6 heteroatoms. The van der Waals surface area contributed by atoms with Crippen molar-refractivity contribution < 1.29 is 8.42 Å². The summed E-state index contributed by atoms with van der Waals surface area (Å²) < 4.78 is 27.3. The first-order valence-electron chi connectivity index (χ1n) is 6.84. The Kier molecular flexibility index (Phi) is 5.23. The average Bonchev–Trinajstić information content (AvgIpc) is 2.39. The molecule has 1 saturated heterocycles. The number of rotatable bonds is 4. The number of sulfonamides is 1. The summed E-state index contributed by atoms with van der Waals surface area (Å²) in [5.41, 5.74) is 1.04. The van der Waals surface area contributed by atoms with Crippen LogP contribution in [0.4, 0.5) is 0 Å². The van der Waals surface area contributed by atoms with Crippen LogP contribution in [0.1, 0.15) is 18.4 Å². The van der Waals surface area contributed by atoms with Crippen molar-refractivity contribution in [2.24, 2.45) is 5.92 Å². The highest BCUT2D eigenvalue weighted by Crippen LogP contribution is 2.26. The molecule has 1 heterocycles. The quantitative estimate of drug-likeness (QED) is 0.896. The van der Waals surface area contributed by atoms with E-state index in [9.17, 15) is 8.42 Å². The molecule has 0 spiro atoms. The second-order valence-corrected chi connectivity index (χ2v) is 8.30. The Morgan fingerprint density at radius 1 is 1.45 bits per heavy atom. The zero-order chi connectivity index (χ0) is 14.8. The van der Waals surface area contributed by atoms with Gasteiger partial charge in [-0.05, 0) is 72.4 Å². The molecule has 1 aromatic carbocycles. The van der Waals surface area contributed by atoms with Gasteiger partial charge in [-0.2, -0.15) is 0 Å². The van der Waals surface area contributed by atoms with Crippen LogP contribution in [0.5, 0.6) is 0 Å². The highest BCUT2D eigenvalue weighted by atomic mass is 79.9. The van der Waals surface area contributed by atoms with Crippen LogP contribution in [-0.2, 0) is 10.0 Å². The zero-order valence-corrected chi connectivity index (χ0v) is 14.3. The fourth-order valence-electron chi connectivity index (χ4n) is 2.52. The lowest BCUT2D eigenvalue weighted by Gasteiger charge is -2.27. The van der Waals surface area contributed by atoms with Crippen molar-refractivity contribution in [1.29, 1.82) is 0 Å². The summed E-state index contributed by atoms with van der Waals surface area (Å²) in [6.45, 7) is 4.44. The number of hydrogen-bond acceptors (Lipinski definition) is 3. The summed E-state index contributed by atoms with van der Waals surface area (Å²) in [6.07, 6.45) is 2.20. The Hall–Kier alpha value is -0.430. The maximum Gasteiger partial charge on any atom is 0.243 e. The number of aryl methyl sites for hydroxylation is 1. The summed E-state index contributed by atoms with van der Waals surface area (Å²) in [7, 11) is -1.76. The molecule has 0 amide bonds. The number of hydrogen-bond donors (Lipinski definition) is 1. The van der Waals surface area contributed by atoms with Gasteiger partial charge in [0.25, 0.3) is 0 Å². The van der Waals surface area contributed by atoms with Gasteiger partial charge in [0.2, 0.25) is 10.0 Å². The van der Waals surface area contributed by atoms with Crippen LogP contribution in [-0.4, -0.2) is 39.4 Å². The van der Waals surface area contributed by atoms with Crippen LogP contribution in [0.15, 0.2) is 27.6 Å². The third-order valence-electron chi connectivity index (χ3n) is 3.69. The molecule has 0 aliphatic carbocycles. The highest BCUT2D eigenvalue weighted by Gasteiger charge is 2.26. The minimum atomic E-state index is -3.43. The van der Waals surface area contributed by atoms with Gasteiger partial charge in [0.05, 0.1) is 4.90 Å². The van der Waals surface area contributed by atoms with Crippen molar-refractivity contribution in [3.05, 3.63) is 28.2 Å². The Balaban J connectivity index is 2.16. The summed E-state index contributed by atoms with van der Waals surface area (Å²) in [4.78, 5) is 0.342. The van der Waals surface area contributed by atoms with Gasteiger partial charge in [0, 0.05) is 18.1 Å². The van der Waals surface area contributed by atoms with Gasteiger partial charge in [0.1, 0.15) is 0 Å². The van der Waals surface area contributed by atoms with Gasteiger partial charge < -0.3 is 5.32 Å². The largest absolute Gasteiger partial charge is 0.316 e. The summed E-state index contributed by atoms with van der Waals surface area (Å²) in [5.74, 6) is 0.396. The van der Waals surface area contributed by atoms with Gasteiger partial charge in [-0.15, -0.1) is 0 Å². The van der Waals surface area contributed by atoms with E-state index in [0.717, 1.165) is 31.5 Å². The molecule has 112 valence electrons. The smallest absolute Gasteiger partial charge is 0.243 e. The first-order valence-corrected chi connectivity index (χ1v) is 9.08. The van der Waals surface area contributed by atoms with Crippen LogP contribution < -0.4 is 5.32 Å². The van der Waals surface area contributed by atoms with E-state index >= 15 is 0 Å². The van der Waals surface area contributed by atoms with Crippen molar-refractivity contribution >= 4 is 26.0 Å². The van der Waals surface area contributed by atoms with Crippen molar-refractivity contribution in [1.82, 2.24) is 9.62 Å². The monoisotopic (exact) mass is 360 g/mol. The fraction of sp³-hybridized carbons (Fsp3) is 0.571. The maximum atomic E-state index is 12.6. The molecule has 0 saturated carbocycles. The van der Waals surface area contributed by atoms with Crippen LogP contribution in [0.3, 0.4) is 0 Å². The lowest BCUT2D eigenvalue weighted by atomic mass is 10.00. The first-order chi connectivity index (χ1) is 9.41. The lowest BCUT2D eigenvalue weighted by Crippen LogP contribution is -2.39. The Morgan fingerprint density at radius 3 is 2.80 bits per heavy atom. The number of halogens is 1. The second kappa shape index (κ2) is 6.56. The van der Waals surface area contributed by atoms with E-state index in [0.29, 0.717) is 21.8 Å². The fourth-order valence-corrected chi connectivity index (χ4v) is 4.92. The Labute approximate surface area is 129 Å². The molecule has 1 aromatic rings.